The van der Waals surface area contributed by atoms with Crippen LogP contribution in [0.4, 0.5) is 0 Å². The summed E-state index contributed by atoms with van der Waals surface area (Å²) >= 11 is 0. The van der Waals surface area contributed by atoms with E-state index in [0.29, 0.717) is 0 Å². The van der Waals surface area contributed by atoms with Crippen LogP contribution in [-0.2, 0) is 6.54 Å². The van der Waals surface area contributed by atoms with Crippen LogP contribution in [0.15, 0.2) is 36.7 Å². The zero-order chi connectivity index (χ0) is 13.7. The zero-order valence-electron chi connectivity index (χ0n) is 11.7. The highest BCUT2D eigenvalue weighted by Gasteiger charge is 2.05. The molecule has 1 heterocycles. The molecule has 0 unspecified atom stereocenters. The smallest absolute Gasteiger partial charge is 0.134 e. The molecule has 0 spiro atoms. The Morgan fingerprint density at radius 3 is 2.74 bits per heavy atom. The van der Waals surface area contributed by atoms with Crippen molar-refractivity contribution in [2.24, 2.45) is 0 Å². The van der Waals surface area contributed by atoms with Crippen LogP contribution in [0.2, 0.25) is 0 Å². The van der Waals surface area contributed by atoms with E-state index in [0.717, 1.165) is 30.2 Å². The van der Waals surface area contributed by atoms with Crippen LogP contribution in [0.3, 0.4) is 0 Å². The highest BCUT2D eigenvalue weighted by Crippen LogP contribution is 2.26. The van der Waals surface area contributed by atoms with Crippen LogP contribution < -0.4 is 10.1 Å². The summed E-state index contributed by atoms with van der Waals surface area (Å²) in [7, 11) is 0. The minimum Gasteiger partial charge on any atom is -0.457 e. The van der Waals surface area contributed by atoms with Crippen molar-refractivity contribution in [2.75, 3.05) is 6.54 Å². The average molecular weight is 256 g/mol. The summed E-state index contributed by atoms with van der Waals surface area (Å²) in [4.78, 5) is 4.15. The molecule has 0 fully saturated rings. The van der Waals surface area contributed by atoms with Gasteiger partial charge in [-0.25, -0.2) is 0 Å². The maximum atomic E-state index is 5.96. The summed E-state index contributed by atoms with van der Waals surface area (Å²) in [5, 5.41) is 3.29. The molecule has 0 aliphatic rings. The van der Waals surface area contributed by atoms with Gasteiger partial charge in [0.2, 0.25) is 0 Å². The molecule has 0 radical (unpaired) electrons. The molecule has 2 aromatic rings. The summed E-state index contributed by atoms with van der Waals surface area (Å²) in [6.45, 7) is 7.97. The molecule has 0 saturated heterocycles. The molecule has 0 atom stereocenters. The lowest BCUT2D eigenvalue weighted by molar-refractivity contribution is 0.471. The Labute approximate surface area is 114 Å². The molecule has 1 N–H and O–H groups in total. The van der Waals surface area contributed by atoms with Gasteiger partial charge >= 0.3 is 0 Å². The molecule has 0 aliphatic heterocycles. The number of pyridine rings is 1. The van der Waals surface area contributed by atoms with E-state index >= 15 is 0 Å². The monoisotopic (exact) mass is 256 g/mol. The van der Waals surface area contributed by atoms with Crippen molar-refractivity contribution in [2.45, 2.75) is 27.3 Å². The minimum atomic E-state index is 0.768. The van der Waals surface area contributed by atoms with Gasteiger partial charge in [0.25, 0.3) is 0 Å². The summed E-state index contributed by atoms with van der Waals surface area (Å²) in [6, 6.07) is 8.05. The fourth-order valence-corrected chi connectivity index (χ4v) is 1.81. The van der Waals surface area contributed by atoms with Crippen LogP contribution in [-0.4, -0.2) is 11.5 Å². The van der Waals surface area contributed by atoms with Crippen LogP contribution in [0, 0.1) is 13.8 Å². The number of aromatic nitrogens is 1. The first-order chi connectivity index (χ1) is 9.20. The number of nitrogens with zero attached hydrogens (tertiary/aromatic N) is 1. The van der Waals surface area contributed by atoms with Crippen molar-refractivity contribution >= 4 is 0 Å². The Morgan fingerprint density at radius 1 is 1.16 bits per heavy atom. The van der Waals surface area contributed by atoms with E-state index in [2.05, 4.69) is 43.2 Å². The standard InChI is InChI=1S/C16H20N2O/c1-4-17-10-14-11-18-8-7-16(14)19-15-6-5-12(2)13(3)9-15/h5-9,11,17H,4,10H2,1-3H3. The highest BCUT2D eigenvalue weighted by atomic mass is 16.5. The second-order valence-corrected chi connectivity index (χ2v) is 4.61. The lowest BCUT2D eigenvalue weighted by Crippen LogP contribution is -2.12. The molecule has 1 aromatic carbocycles. The lowest BCUT2D eigenvalue weighted by Gasteiger charge is -2.12. The van der Waals surface area contributed by atoms with Gasteiger partial charge in [-0.3, -0.25) is 4.98 Å². The van der Waals surface area contributed by atoms with Crippen LogP contribution >= 0.6 is 0 Å². The van der Waals surface area contributed by atoms with Gasteiger partial charge in [-0.05, 0) is 49.7 Å². The van der Waals surface area contributed by atoms with Gasteiger partial charge in [0.05, 0.1) is 0 Å². The van der Waals surface area contributed by atoms with Gasteiger partial charge in [0, 0.05) is 24.5 Å². The van der Waals surface area contributed by atoms with Gasteiger partial charge in [-0.15, -0.1) is 0 Å². The van der Waals surface area contributed by atoms with Crippen molar-refractivity contribution < 1.29 is 4.74 Å². The maximum absolute atomic E-state index is 5.96. The predicted octanol–water partition coefficient (Wildman–Crippen LogP) is 3.60. The Bertz CT molecular complexity index is 552. The van der Waals surface area contributed by atoms with E-state index in [9.17, 15) is 0 Å². The normalized spacial score (nSPS) is 10.5. The fraction of sp³-hybridized carbons (Fsp3) is 0.312. The molecular weight excluding hydrogens is 236 g/mol. The average Bonchev–Trinajstić information content (AvgIpc) is 2.42. The Balaban J connectivity index is 2.20. The SMILES string of the molecule is CCNCc1cnccc1Oc1ccc(C)c(C)c1. The van der Waals surface area contributed by atoms with E-state index < -0.39 is 0 Å². The fourth-order valence-electron chi connectivity index (χ4n) is 1.81. The first-order valence-electron chi connectivity index (χ1n) is 6.59. The van der Waals surface area contributed by atoms with E-state index in [1.54, 1.807) is 6.20 Å². The Morgan fingerprint density at radius 2 is 2.00 bits per heavy atom. The number of aryl methyl sites for hydroxylation is 2. The van der Waals surface area contributed by atoms with Gasteiger partial charge in [0.15, 0.2) is 0 Å². The molecule has 0 amide bonds. The molecular formula is C16H20N2O. The molecule has 1 aromatic heterocycles. The lowest BCUT2D eigenvalue weighted by atomic mass is 10.1. The van der Waals surface area contributed by atoms with Gasteiger partial charge in [-0.1, -0.05) is 13.0 Å². The molecule has 100 valence electrons. The maximum Gasteiger partial charge on any atom is 0.134 e. The molecule has 2 rings (SSSR count). The third-order valence-corrected chi connectivity index (χ3v) is 3.13. The second kappa shape index (κ2) is 6.34. The molecule has 0 saturated carbocycles. The topological polar surface area (TPSA) is 34.2 Å². The third kappa shape index (κ3) is 3.55. The van der Waals surface area contributed by atoms with E-state index in [4.69, 9.17) is 4.74 Å². The Kier molecular flexibility index (Phi) is 4.53. The van der Waals surface area contributed by atoms with Crippen LogP contribution in [0.1, 0.15) is 23.6 Å². The minimum absolute atomic E-state index is 0.768. The Hall–Kier alpha value is -1.87. The highest BCUT2D eigenvalue weighted by molar-refractivity contribution is 5.39. The van der Waals surface area contributed by atoms with Gasteiger partial charge < -0.3 is 10.1 Å². The number of benzene rings is 1. The van der Waals surface area contributed by atoms with E-state index in [1.807, 2.05) is 18.3 Å². The van der Waals surface area contributed by atoms with Crippen molar-refractivity contribution in [3.8, 4) is 11.5 Å². The number of hydrogen-bond donors (Lipinski definition) is 1. The van der Waals surface area contributed by atoms with Crippen molar-refractivity contribution in [3.05, 3.63) is 53.3 Å². The summed E-state index contributed by atoms with van der Waals surface area (Å²) in [5.41, 5.74) is 3.58. The van der Waals surface area contributed by atoms with E-state index in [-0.39, 0.29) is 0 Å². The predicted molar refractivity (Wildman–Crippen MR) is 77.6 cm³/mol. The van der Waals surface area contributed by atoms with Gasteiger partial charge in [-0.2, -0.15) is 0 Å². The molecule has 0 bridgehead atoms. The molecule has 3 heteroatoms. The molecule has 0 aliphatic carbocycles. The molecule has 3 nitrogen and oxygen atoms in total. The second-order valence-electron chi connectivity index (χ2n) is 4.61. The summed E-state index contributed by atoms with van der Waals surface area (Å²) in [5.74, 6) is 1.73. The summed E-state index contributed by atoms with van der Waals surface area (Å²) < 4.78 is 5.96. The largest absolute Gasteiger partial charge is 0.457 e. The molecule has 19 heavy (non-hydrogen) atoms. The summed E-state index contributed by atoms with van der Waals surface area (Å²) in [6.07, 6.45) is 3.60. The quantitative estimate of drug-likeness (QED) is 0.887. The first kappa shape index (κ1) is 13.6. The van der Waals surface area contributed by atoms with E-state index in [1.165, 1.54) is 11.1 Å². The number of hydrogen-bond acceptors (Lipinski definition) is 3. The third-order valence-electron chi connectivity index (χ3n) is 3.13. The van der Waals surface area contributed by atoms with Crippen molar-refractivity contribution in [1.29, 1.82) is 0 Å². The first-order valence-corrected chi connectivity index (χ1v) is 6.59. The van der Waals surface area contributed by atoms with Crippen molar-refractivity contribution in [3.63, 3.8) is 0 Å². The number of ether oxygens (including phenoxy) is 1. The number of nitrogens with one attached hydrogen (secondary N) is 1. The zero-order valence-corrected chi connectivity index (χ0v) is 11.7. The van der Waals surface area contributed by atoms with Crippen LogP contribution in [0.25, 0.3) is 0 Å². The van der Waals surface area contributed by atoms with Crippen molar-refractivity contribution in [1.82, 2.24) is 10.3 Å². The van der Waals surface area contributed by atoms with Gasteiger partial charge in [0.1, 0.15) is 11.5 Å². The number of rotatable bonds is 5. The van der Waals surface area contributed by atoms with Crippen LogP contribution in [0.5, 0.6) is 11.5 Å².